The molecule has 0 amide bonds. The topological polar surface area (TPSA) is 95.8 Å². The zero-order valence-corrected chi connectivity index (χ0v) is 16.4. The lowest BCUT2D eigenvalue weighted by Gasteiger charge is -2.38. The maximum absolute atomic E-state index is 12.8. The molecule has 0 saturated carbocycles. The predicted molar refractivity (Wildman–Crippen MR) is 101 cm³/mol. The number of nitrogens with one attached hydrogen (secondary N) is 1. The van der Waals surface area contributed by atoms with Gasteiger partial charge in [0.1, 0.15) is 0 Å². The number of rotatable bonds is 5. The average Bonchev–Trinajstić information content (AvgIpc) is 3.01. The monoisotopic (exact) mass is 404 g/mol. The van der Waals surface area contributed by atoms with E-state index in [0.717, 1.165) is 26.1 Å². The van der Waals surface area contributed by atoms with Gasteiger partial charge in [-0.25, -0.2) is 8.42 Å². The smallest absolute Gasteiger partial charge is 0.289 e. The third-order valence-corrected chi connectivity index (χ3v) is 7.02. The fraction of sp³-hybridized carbons (Fsp3) is 0.625. The highest BCUT2D eigenvalue weighted by Gasteiger charge is 2.36. The van der Waals surface area contributed by atoms with Crippen molar-refractivity contribution in [3.8, 4) is 0 Å². The van der Waals surface area contributed by atoms with Crippen LogP contribution in [0.4, 0.5) is 5.69 Å². The van der Waals surface area contributed by atoms with E-state index >= 15 is 0 Å². The first kappa shape index (κ1) is 21.0. The second-order valence-corrected chi connectivity index (χ2v) is 9.05. The summed E-state index contributed by atoms with van der Waals surface area (Å²) in [5.41, 5.74) is -0.131. The number of halogens is 1. The number of hydrogen-bond donors (Lipinski definition) is 1. The summed E-state index contributed by atoms with van der Waals surface area (Å²) in [7, 11) is -3.85. The second kappa shape index (κ2) is 8.18. The zero-order valence-electron chi connectivity index (χ0n) is 14.8. The van der Waals surface area contributed by atoms with E-state index in [1.54, 1.807) is 0 Å². The minimum atomic E-state index is -3.85. The van der Waals surface area contributed by atoms with Crippen molar-refractivity contribution in [1.82, 2.24) is 14.5 Å². The molecule has 1 atom stereocenters. The van der Waals surface area contributed by atoms with Gasteiger partial charge in [-0.1, -0.05) is 19.1 Å². The van der Waals surface area contributed by atoms with E-state index < -0.39 is 14.9 Å². The molecule has 1 aromatic rings. The van der Waals surface area contributed by atoms with Gasteiger partial charge < -0.3 is 10.2 Å². The van der Waals surface area contributed by atoms with E-state index in [4.69, 9.17) is 0 Å². The van der Waals surface area contributed by atoms with Gasteiger partial charge in [0.05, 0.1) is 4.92 Å². The van der Waals surface area contributed by atoms with E-state index in [-0.39, 0.29) is 28.4 Å². The van der Waals surface area contributed by atoms with E-state index in [2.05, 4.69) is 17.1 Å². The second-order valence-electron chi connectivity index (χ2n) is 7.14. The van der Waals surface area contributed by atoms with Crippen molar-refractivity contribution in [3.05, 3.63) is 34.4 Å². The zero-order chi connectivity index (χ0) is 18.1. The molecule has 1 aromatic carbocycles. The first-order valence-corrected chi connectivity index (χ1v) is 9.93. The number of sulfonamides is 1. The Morgan fingerprint density at radius 3 is 2.46 bits per heavy atom. The molecule has 2 saturated heterocycles. The molecule has 0 spiro atoms. The Morgan fingerprint density at radius 2 is 1.88 bits per heavy atom. The molecule has 2 aliphatic rings. The number of hydrogen-bond acceptors (Lipinski definition) is 6. The standard InChI is InChI=1S/C16H24N4O4S.ClH/c1-16(6-7-17-12-16)13-18-8-10-19(11-9-18)25(23,24)15-5-3-2-4-14(15)20(21)22;/h2-5,17H,6-13H2,1H3;1H. The highest BCUT2D eigenvalue weighted by atomic mass is 35.5. The molecule has 2 heterocycles. The lowest BCUT2D eigenvalue weighted by molar-refractivity contribution is -0.387. The Morgan fingerprint density at radius 1 is 1.23 bits per heavy atom. The highest BCUT2D eigenvalue weighted by Crippen LogP contribution is 2.29. The molecule has 0 aromatic heterocycles. The number of nitro benzene ring substituents is 1. The van der Waals surface area contributed by atoms with Crippen LogP contribution in [0.2, 0.25) is 0 Å². The van der Waals surface area contributed by atoms with Crippen LogP contribution in [-0.2, 0) is 10.0 Å². The molecular weight excluding hydrogens is 380 g/mol. The average molecular weight is 405 g/mol. The summed E-state index contributed by atoms with van der Waals surface area (Å²) in [5.74, 6) is 0. The molecule has 146 valence electrons. The van der Waals surface area contributed by atoms with Crippen LogP contribution < -0.4 is 5.32 Å². The molecule has 3 rings (SSSR count). The van der Waals surface area contributed by atoms with Crippen LogP contribution in [0.1, 0.15) is 13.3 Å². The van der Waals surface area contributed by atoms with Crippen LogP contribution in [0.15, 0.2) is 29.2 Å². The number of para-hydroxylation sites is 1. The third kappa shape index (κ3) is 4.34. The molecule has 0 aliphatic carbocycles. The quantitative estimate of drug-likeness (QED) is 0.587. The molecule has 1 N–H and O–H groups in total. The lowest BCUT2D eigenvalue weighted by Crippen LogP contribution is -2.51. The Labute approximate surface area is 160 Å². The summed E-state index contributed by atoms with van der Waals surface area (Å²) in [4.78, 5) is 12.6. The minimum Gasteiger partial charge on any atom is -0.316 e. The van der Waals surface area contributed by atoms with E-state index in [1.807, 2.05) is 0 Å². The van der Waals surface area contributed by atoms with Crippen LogP contribution in [0.25, 0.3) is 0 Å². The van der Waals surface area contributed by atoms with Gasteiger partial charge in [0.15, 0.2) is 4.90 Å². The third-order valence-electron chi connectivity index (χ3n) is 5.07. The fourth-order valence-corrected chi connectivity index (χ4v) is 5.22. The van der Waals surface area contributed by atoms with Crippen LogP contribution in [0, 0.1) is 15.5 Å². The van der Waals surface area contributed by atoms with Crippen molar-refractivity contribution in [1.29, 1.82) is 0 Å². The summed E-state index contributed by atoms with van der Waals surface area (Å²) < 4.78 is 27.0. The van der Waals surface area contributed by atoms with Crippen LogP contribution >= 0.6 is 12.4 Å². The summed E-state index contributed by atoms with van der Waals surface area (Å²) in [6.07, 6.45) is 1.13. The van der Waals surface area contributed by atoms with Gasteiger partial charge in [-0.05, 0) is 24.4 Å². The summed E-state index contributed by atoms with van der Waals surface area (Å²) in [5, 5.41) is 14.5. The largest absolute Gasteiger partial charge is 0.316 e. The number of nitrogens with zero attached hydrogens (tertiary/aromatic N) is 3. The Kier molecular flexibility index (Phi) is 6.62. The van der Waals surface area contributed by atoms with Crippen molar-refractivity contribution >= 4 is 28.1 Å². The number of benzene rings is 1. The van der Waals surface area contributed by atoms with Gasteiger partial charge in [-0.15, -0.1) is 12.4 Å². The Balaban J connectivity index is 0.00000243. The van der Waals surface area contributed by atoms with Gasteiger partial charge in [-0.3, -0.25) is 10.1 Å². The predicted octanol–water partition coefficient (Wildman–Crippen LogP) is 1.32. The number of piperazine rings is 1. The van der Waals surface area contributed by atoms with E-state index in [9.17, 15) is 18.5 Å². The summed E-state index contributed by atoms with van der Waals surface area (Å²) in [6.45, 7) is 7.23. The molecular formula is C16H25ClN4O4S. The minimum absolute atomic E-state index is 0. The number of nitro groups is 1. The Hall–Kier alpha value is -1.26. The van der Waals surface area contributed by atoms with Crippen LogP contribution in [0.5, 0.6) is 0 Å². The fourth-order valence-electron chi connectivity index (χ4n) is 3.64. The summed E-state index contributed by atoms with van der Waals surface area (Å²) in [6, 6.07) is 5.54. The van der Waals surface area contributed by atoms with Crippen molar-refractivity contribution in [2.75, 3.05) is 45.8 Å². The van der Waals surface area contributed by atoms with E-state index in [0.29, 0.717) is 26.2 Å². The normalized spacial score (nSPS) is 25.0. The first-order chi connectivity index (χ1) is 11.8. The molecule has 0 bridgehead atoms. The molecule has 26 heavy (non-hydrogen) atoms. The molecule has 1 unspecified atom stereocenters. The first-order valence-electron chi connectivity index (χ1n) is 8.49. The lowest BCUT2D eigenvalue weighted by atomic mass is 9.89. The van der Waals surface area contributed by atoms with Gasteiger partial charge in [0.25, 0.3) is 5.69 Å². The van der Waals surface area contributed by atoms with Gasteiger partial charge in [0.2, 0.25) is 10.0 Å². The van der Waals surface area contributed by atoms with E-state index in [1.165, 1.54) is 28.6 Å². The maximum atomic E-state index is 12.8. The van der Waals surface area contributed by atoms with Crippen molar-refractivity contribution in [2.24, 2.45) is 5.41 Å². The molecule has 2 aliphatic heterocycles. The SMILES string of the molecule is CC1(CN2CCN(S(=O)(=O)c3ccccc3[N+](=O)[O-])CC2)CCNC1.Cl. The van der Waals surface area contributed by atoms with Crippen molar-refractivity contribution in [2.45, 2.75) is 18.2 Å². The molecule has 0 radical (unpaired) electrons. The Bertz CT molecular complexity index is 744. The van der Waals surface area contributed by atoms with Gasteiger partial charge in [0, 0.05) is 45.3 Å². The maximum Gasteiger partial charge on any atom is 0.289 e. The molecule has 8 nitrogen and oxygen atoms in total. The highest BCUT2D eigenvalue weighted by molar-refractivity contribution is 7.89. The molecule has 2 fully saturated rings. The van der Waals surface area contributed by atoms with Gasteiger partial charge in [-0.2, -0.15) is 4.31 Å². The molecule has 10 heteroatoms. The summed E-state index contributed by atoms with van der Waals surface area (Å²) >= 11 is 0. The van der Waals surface area contributed by atoms with Crippen LogP contribution in [0.3, 0.4) is 0 Å². The van der Waals surface area contributed by atoms with Crippen molar-refractivity contribution in [3.63, 3.8) is 0 Å². The van der Waals surface area contributed by atoms with Crippen LogP contribution in [-0.4, -0.2) is 68.4 Å². The van der Waals surface area contributed by atoms with Crippen molar-refractivity contribution < 1.29 is 13.3 Å². The van der Waals surface area contributed by atoms with Gasteiger partial charge >= 0.3 is 0 Å².